The highest BCUT2D eigenvalue weighted by Gasteiger charge is 2.51. The van der Waals surface area contributed by atoms with Crippen LogP contribution in [0.2, 0.25) is 0 Å². The summed E-state index contributed by atoms with van der Waals surface area (Å²) in [5.41, 5.74) is 1.59. The Balaban J connectivity index is 1.68. The minimum Gasteiger partial charge on any atom is -0.399 e. The molecule has 0 saturated carbocycles. The van der Waals surface area contributed by atoms with Crippen molar-refractivity contribution in [1.29, 1.82) is 0 Å². The van der Waals surface area contributed by atoms with E-state index in [1.165, 1.54) is 6.07 Å². The Hall–Kier alpha value is -1.76. The summed E-state index contributed by atoms with van der Waals surface area (Å²) in [6.45, 7) is 9.20. The molecule has 0 spiro atoms. The molecule has 0 amide bonds. The predicted octanol–water partition coefficient (Wildman–Crippen LogP) is 3.15. The van der Waals surface area contributed by atoms with Crippen molar-refractivity contribution in [2.75, 3.05) is 7.05 Å². The lowest BCUT2D eigenvalue weighted by molar-refractivity contribution is 0.00578. The van der Waals surface area contributed by atoms with E-state index in [4.69, 9.17) is 9.31 Å². The van der Waals surface area contributed by atoms with Crippen molar-refractivity contribution in [3.8, 4) is 0 Å². The molecule has 3 rings (SSSR count). The summed E-state index contributed by atoms with van der Waals surface area (Å²) in [5.74, 6) is -0.241. The van der Waals surface area contributed by atoms with Gasteiger partial charge in [0.05, 0.1) is 11.2 Å². The topological polar surface area (TPSA) is 34.6 Å². The molecule has 4 nitrogen and oxygen atoms in total. The first-order valence-electron chi connectivity index (χ1n) is 8.89. The number of hydrogen-bond donors (Lipinski definition) is 0. The summed E-state index contributed by atoms with van der Waals surface area (Å²) in [5, 5.41) is 0. The predicted molar refractivity (Wildman–Crippen MR) is 102 cm³/mol. The molecule has 1 fully saturated rings. The summed E-state index contributed by atoms with van der Waals surface area (Å²) in [6.07, 6.45) is 3.58. The normalized spacial score (nSPS) is 18.5. The van der Waals surface area contributed by atoms with E-state index in [-0.39, 0.29) is 5.82 Å². The molecule has 1 aliphatic rings. The van der Waals surface area contributed by atoms with Crippen LogP contribution in [0.4, 0.5) is 4.39 Å². The Kier molecular flexibility index (Phi) is 5.19. The van der Waals surface area contributed by atoms with E-state index in [1.807, 2.05) is 65.2 Å². The van der Waals surface area contributed by atoms with Gasteiger partial charge in [-0.2, -0.15) is 0 Å². The van der Waals surface area contributed by atoms with E-state index in [2.05, 4.69) is 9.88 Å². The maximum atomic E-state index is 14.6. The number of nitrogens with zero attached hydrogens (tertiary/aromatic N) is 2. The molecule has 0 N–H and O–H groups in total. The number of pyridine rings is 1. The molecule has 1 aromatic heterocycles. The number of benzene rings is 1. The fraction of sp³-hybridized carbons (Fsp3) is 0.450. The highest BCUT2D eigenvalue weighted by atomic mass is 19.1. The standard InChI is InChI=1S/C20H26BFN2O2/c1-19(2)20(3,4)26-21(25-19)17-9-8-16(18(22)11-17)14-24(5)13-15-7-6-10-23-12-15/h6-12H,13-14H2,1-5H3. The van der Waals surface area contributed by atoms with Gasteiger partial charge in [-0.1, -0.05) is 18.2 Å². The first kappa shape index (κ1) is 19.0. The van der Waals surface area contributed by atoms with Crippen LogP contribution in [0, 0.1) is 5.82 Å². The van der Waals surface area contributed by atoms with Crippen molar-refractivity contribution in [2.45, 2.75) is 52.0 Å². The summed E-state index contributed by atoms with van der Waals surface area (Å²) < 4.78 is 26.6. The summed E-state index contributed by atoms with van der Waals surface area (Å²) in [4.78, 5) is 6.17. The van der Waals surface area contributed by atoms with Gasteiger partial charge >= 0.3 is 7.12 Å². The minimum absolute atomic E-state index is 0.241. The number of halogens is 1. The van der Waals surface area contributed by atoms with Crippen LogP contribution in [-0.2, 0) is 22.4 Å². The van der Waals surface area contributed by atoms with E-state index >= 15 is 0 Å². The van der Waals surface area contributed by atoms with Crippen LogP contribution in [0.5, 0.6) is 0 Å². The Labute approximate surface area is 155 Å². The summed E-state index contributed by atoms with van der Waals surface area (Å²) in [7, 11) is 1.42. The third-order valence-corrected chi connectivity index (χ3v) is 5.22. The van der Waals surface area contributed by atoms with E-state index in [9.17, 15) is 4.39 Å². The van der Waals surface area contributed by atoms with E-state index in [0.717, 1.165) is 5.56 Å². The number of hydrogen-bond acceptors (Lipinski definition) is 4. The monoisotopic (exact) mass is 356 g/mol. The molecular formula is C20H26BFN2O2. The molecule has 0 radical (unpaired) electrons. The molecule has 26 heavy (non-hydrogen) atoms. The maximum absolute atomic E-state index is 14.6. The fourth-order valence-corrected chi connectivity index (χ4v) is 2.97. The Bertz CT molecular complexity index is 752. The van der Waals surface area contributed by atoms with Crippen LogP contribution in [-0.4, -0.2) is 35.3 Å². The van der Waals surface area contributed by atoms with E-state index in [1.54, 1.807) is 6.20 Å². The lowest BCUT2D eigenvalue weighted by Gasteiger charge is -2.32. The van der Waals surface area contributed by atoms with Crippen LogP contribution in [0.15, 0.2) is 42.7 Å². The fourth-order valence-electron chi connectivity index (χ4n) is 2.97. The molecule has 0 atom stereocenters. The van der Waals surface area contributed by atoms with Crippen LogP contribution in [0.3, 0.4) is 0 Å². The number of aromatic nitrogens is 1. The van der Waals surface area contributed by atoms with Gasteiger partial charge < -0.3 is 9.31 Å². The molecule has 1 aromatic carbocycles. The van der Waals surface area contributed by atoms with Crippen molar-refractivity contribution < 1.29 is 13.7 Å². The van der Waals surface area contributed by atoms with Gasteiger partial charge in [-0.25, -0.2) is 4.39 Å². The average molecular weight is 356 g/mol. The van der Waals surface area contributed by atoms with Crippen molar-refractivity contribution in [2.24, 2.45) is 0 Å². The summed E-state index contributed by atoms with van der Waals surface area (Å²) in [6, 6.07) is 9.15. The second-order valence-corrected chi connectivity index (χ2v) is 7.97. The third kappa shape index (κ3) is 3.98. The lowest BCUT2D eigenvalue weighted by Crippen LogP contribution is -2.41. The van der Waals surface area contributed by atoms with Gasteiger partial charge in [0.25, 0.3) is 0 Å². The molecule has 0 aliphatic carbocycles. The van der Waals surface area contributed by atoms with Crippen molar-refractivity contribution in [3.05, 3.63) is 59.7 Å². The second kappa shape index (κ2) is 7.10. The zero-order valence-electron chi connectivity index (χ0n) is 16.1. The zero-order chi connectivity index (χ0) is 18.9. The van der Waals surface area contributed by atoms with Gasteiger partial charge in [-0.15, -0.1) is 0 Å². The van der Waals surface area contributed by atoms with Gasteiger partial charge in [0.2, 0.25) is 0 Å². The average Bonchev–Trinajstić information content (AvgIpc) is 2.78. The maximum Gasteiger partial charge on any atom is 0.494 e. The molecule has 0 bridgehead atoms. The van der Waals surface area contributed by atoms with Gasteiger partial charge in [0.1, 0.15) is 5.82 Å². The molecule has 1 saturated heterocycles. The molecule has 6 heteroatoms. The van der Waals surface area contributed by atoms with Crippen molar-refractivity contribution >= 4 is 12.6 Å². The Morgan fingerprint density at radius 1 is 1.08 bits per heavy atom. The second-order valence-electron chi connectivity index (χ2n) is 7.97. The van der Waals surface area contributed by atoms with Gasteiger partial charge in [0.15, 0.2) is 0 Å². The van der Waals surface area contributed by atoms with Crippen molar-refractivity contribution in [1.82, 2.24) is 9.88 Å². The Morgan fingerprint density at radius 3 is 2.35 bits per heavy atom. The van der Waals surface area contributed by atoms with Crippen LogP contribution in [0.1, 0.15) is 38.8 Å². The van der Waals surface area contributed by atoms with Crippen LogP contribution >= 0.6 is 0 Å². The lowest BCUT2D eigenvalue weighted by atomic mass is 9.78. The first-order valence-corrected chi connectivity index (χ1v) is 8.89. The zero-order valence-corrected chi connectivity index (χ0v) is 16.1. The first-order chi connectivity index (χ1) is 12.2. The Morgan fingerprint density at radius 2 is 1.77 bits per heavy atom. The van der Waals surface area contributed by atoms with Crippen LogP contribution in [0.25, 0.3) is 0 Å². The molecule has 2 heterocycles. The summed E-state index contributed by atoms with van der Waals surface area (Å²) >= 11 is 0. The van der Waals surface area contributed by atoms with Gasteiger partial charge in [-0.3, -0.25) is 9.88 Å². The smallest absolute Gasteiger partial charge is 0.399 e. The molecule has 2 aromatic rings. The molecule has 138 valence electrons. The van der Waals surface area contributed by atoms with Gasteiger partial charge in [0, 0.05) is 31.0 Å². The highest BCUT2D eigenvalue weighted by Crippen LogP contribution is 2.36. The number of rotatable bonds is 5. The van der Waals surface area contributed by atoms with Crippen molar-refractivity contribution in [3.63, 3.8) is 0 Å². The van der Waals surface area contributed by atoms with E-state index < -0.39 is 18.3 Å². The largest absolute Gasteiger partial charge is 0.494 e. The molecular weight excluding hydrogens is 330 g/mol. The minimum atomic E-state index is -0.545. The van der Waals surface area contributed by atoms with Gasteiger partial charge in [-0.05, 0) is 57.9 Å². The molecule has 1 aliphatic heterocycles. The third-order valence-electron chi connectivity index (χ3n) is 5.22. The molecule has 0 unspecified atom stereocenters. The SMILES string of the molecule is CN(Cc1cccnc1)Cc1ccc(B2OC(C)(C)C(C)(C)O2)cc1F. The quantitative estimate of drug-likeness (QED) is 0.771. The van der Waals surface area contributed by atoms with E-state index in [0.29, 0.717) is 24.1 Å². The highest BCUT2D eigenvalue weighted by molar-refractivity contribution is 6.62. The van der Waals surface area contributed by atoms with Crippen LogP contribution < -0.4 is 5.46 Å².